The molecule has 0 bridgehead atoms. The molecule has 12 rings (SSSR count). The number of hydrogen-bond donors (Lipinski definition) is 0. The Hall–Kier alpha value is -7.36. The highest BCUT2D eigenvalue weighted by atomic mass is 16.3. The monoisotopic (exact) mass is 743 g/mol. The van der Waals surface area contributed by atoms with Crippen molar-refractivity contribution in [3.63, 3.8) is 0 Å². The third kappa shape index (κ3) is 4.74. The van der Waals surface area contributed by atoms with Gasteiger partial charge in [-0.15, -0.1) is 0 Å². The molecule has 2 aromatic heterocycles. The second kappa shape index (κ2) is 12.3. The van der Waals surface area contributed by atoms with Crippen molar-refractivity contribution in [3.8, 4) is 33.4 Å². The predicted octanol–water partition coefficient (Wildman–Crippen LogP) is 15.7. The van der Waals surface area contributed by atoms with Gasteiger partial charge in [-0.2, -0.15) is 0 Å². The number of nitrogens with zero attached hydrogens (tertiary/aromatic N) is 1. The van der Waals surface area contributed by atoms with E-state index in [1.807, 2.05) is 18.2 Å². The first kappa shape index (κ1) is 32.8. The largest absolute Gasteiger partial charge is 0.456 e. The van der Waals surface area contributed by atoms with Crippen LogP contribution >= 0.6 is 0 Å². The molecule has 0 radical (unpaired) electrons. The van der Waals surface area contributed by atoms with Crippen molar-refractivity contribution < 1.29 is 8.83 Å². The maximum atomic E-state index is 7.13. The van der Waals surface area contributed by atoms with Crippen LogP contribution in [0.3, 0.4) is 0 Å². The van der Waals surface area contributed by atoms with Gasteiger partial charge in [0.25, 0.3) is 0 Å². The molecule has 3 nitrogen and oxygen atoms in total. The molecule has 0 N–H and O–H groups in total. The Labute approximate surface area is 336 Å². The van der Waals surface area contributed by atoms with E-state index in [-0.39, 0.29) is 5.41 Å². The van der Waals surface area contributed by atoms with Gasteiger partial charge in [0.15, 0.2) is 0 Å². The molecule has 58 heavy (non-hydrogen) atoms. The number of hydrogen-bond acceptors (Lipinski definition) is 3. The third-order valence-corrected chi connectivity index (χ3v) is 12.5. The number of anilines is 3. The summed E-state index contributed by atoms with van der Waals surface area (Å²) in [6.45, 7) is 4.70. The first-order chi connectivity index (χ1) is 28.5. The van der Waals surface area contributed by atoms with Crippen molar-refractivity contribution >= 4 is 71.7 Å². The van der Waals surface area contributed by atoms with E-state index >= 15 is 0 Å². The molecule has 1 aliphatic rings. The minimum Gasteiger partial charge on any atom is -0.456 e. The summed E-state index contributed by atoms with van der Waals surface area (Å²) < 4.78 is 13.5. The maximum Gasteiger partial charge on any atom is 0.145 e. The van der Waals surface area contributed by atoms with Crippen LogP contribution in [0.5, 0.6) is 0 Å². The molecule has 0 saturated carbocycles. The van der Waals surface area contributed by atoms with Crippen LogP contribution in [-0.2, 0) is 5.41 Å². The second-order valence-corrected chi connectivity index (χ2v) is 16.0. The SMILES string of the molecule is CC1(C)c2ccccc2-c2ccc(N(c3ccc(-c4ccccc4)cc3)c3ccc4c(oc5ccc6oc7ccccc7c6c54)c3-c3cccc4ccccc34)cc21. The highest BCUT2D eigenvalue weighted by molar-refractivity contribution is 6.28. The van der Waals surface area contributed by atoms with Crippen molar-refractivity contribution in [3.05, 3.63) is 199 Å². The van der Waals surface area contributed by atoms with E-state index in [0.717, 1.165) is 72.1 Å². The molecule has 2 heterocycles. The van der Waals surface area contributed by atoms with Gasteiger partial charge in [0.05, 0.1) is 5.69 Å². The van der Waals surface area contributed by atoms with Crippen molar-refractivity contribution in [1.82, 2.24) is 0 Å². The van der Waals surface area contributed by atoms with Crippen LogP contribution in [-0.4, -0.2) is 0 Å². The molecule has 0 saturated heterocycles. The van der Waals surface area contributed by atoms with E-state index in [4.69, 9.17) is 8.83 Å². The first-order valence-corrected chi connectivity index (χ1v) is 20.0. The first-order valence-electron chi connectivity index (χ1n) is 20.0. The highest BCUT2D eigenvalue weighted by Gasteiger charge is 2.36. The minimum atomic E-state index is -0.162. The van der Waals surface area contributed by atoms with Gasteiger partial charge in [-0.05, 0) is 104 Å². The molecule has 3 heteroatoms. The van der Waals surface area contributed by atoms with Crippen molar-refractivity contribution in [2.75, 3.05) is 4.90 Å². The number of para-hydroxylation sites is 1. The van der Waals surface area contributed by atoms with Gasteiger partial charge >= 0.3 is 0 Å². The lowest BCUT2D eigenvalue weighted by molar-refractivity contribution is 0.660. The van der Waals surface area contributed by atoms with Crippen LogP contribution in [0, 0.1) is 0 Å². The molecule has 0 aliphatic heterocycles. The van der Waals surface area contributed by atoms with Crippen LogP contribution in [0.4, 0.5) is 17.1 Å². The van der Waals surface area contributed by atoms with Crippen LogP contribution in [0.1, 0.15) is 25.0 Å². The van der Waals surface area contributed by atoms with Gasteiger partial charge in [-0.25, -0.2) is 0 Å². The molecule has 0 atom stereocenters. The Kier molecular flexibility index (Phi) is 6.98. The molecule has 0 spiro atoms. The molecule has 274 valence electrons. The zero-order chi connectivity index (χ0) is 38.5. The van der Waals surface area contributed by atoms with Crippen molar-refractivity contribution in [2.45, 2.75) is 19.3 Å². The molecule has 1 aliphatic carbocycles. The average Bonchev–Trinajstić information content (AvgIpc) is 3.91. The van der Waals surface area contributed by atoms with Crippen LogP contribution in [0.15, 0.2) is 197 Å². The van der Waals surface area contributed by atoms with E-state index in [0.29, 0.717) is 0 Å². The zero-order valence-corrected chi connectivity index (χ0v) is 32.2. The summed E-state index contributed by atoms with van der Waals surface area (Å²) in [7, 11) is 0. The number of fused-ring (bicyclic) bond motifs is 11. The van der Waals surface area contributed by atoms with Gasteiger partial charge < -0.3 is 13.7 Å². The molecule has 0 amide bonds. The Bertz CT molecular complexity index is 3420. The summed E-state index contributed by atoms with van der Waals surface area (Å²) in [6.07, 6.45) is 0. The molecular weight excluding hydrogens is 707 g/mol. The standard InChI is InChI=1S/C55H37NO2/c1-55(2)45-21-10-8-18-40(45)41-28-27-38(33-46(41)55)56(37-25-23-35(24-26-37)34-13-4-3-5-14-34)47-30-29-44-53-50(32-31-49-52(53)43-19-9-11-22-48(43)57-49)58-54(44)51(47)42-20-12-16-36-15-6-7-17-39(36)42/h3-33H,1-2H3. The number of furan rings is 2. The number of rotatable bonds is 5. The van der Waals surface area contributed by atoms with Crippen LogP contribution in [0.2, 0.25) is 0 Å². The molecule has 0 fully saturated rings. The Balaban J connectivity index is 1.18. The van der Waals surface area contributed by atoms with Gasteiger partial charge in [0, 0.05) is 43.9 Å². The Morgan fingerprint density at radius 1 is 0.414 bits per heavy atom. The van der Waals surface area contributed by atoms with Gasteiger partial charge in [0.1, 0.15) is 22.3 Å². The van der Waals surface area contributed by atoms with Crippen molar-refractivity contribution in [2.24, 2.45) is 0 Å². The molecular formula is C55H37NO2. The smallest absolute Gasteiger partial charge is 0.145 e. The van der Waals surface area contributed by atoms with E-state index in [1.54, 1.807) is 0 Å². The average molecular weight is 744 g/mol. The number of benzene rings is 9. The quantitative estimate of drug-likeness (QED) is 0.176. The van der Waals surface area contributed by atoms with Gasteiger partial charge in [0.2, 0.25) is 0 Å². The summed E-state index contributed by atoms with van der Waals surface area (Å²) in [4.78, 5) is 2.43. The summed E-state index contributed by atoms with van der Waals surface area (Å²) in [5, 5.41) is 6.65. The zero-order valence-electron chi connectivity index (χ0n) is 32.2. The normalized spacial score (nSPS) is 13.1. The van der Waals surface area contributed by atoms with E-state index in [2.05, 4.69) is 189 Å². The van der Waals surface area contributed by atoms with Crippen LogP contribution in [0.25, 0.3) is 88.0 Å². The second-order valence-electron chi connectivity index (χ2n) is 16.0. The summed E-state index contributed by atoms with van der Waals surface area (Å²) in [5.74, 6) is 0. The fraction of sp³-hybridized carbons (Fsp3) is 0.0545. The minimum absolute atomic E-state index is 0.162. The lowest BCUT2D eigenvalue weighted by atomic mass is 9.82. The fourth-order valence-electron chi connectivity index (χ4n) is 9.72. The predicted molar refractivity (Wildman–Crippen MR) is 242 cm³/mol. The maximum absolute atomic E-state index is 7.13. The lowest BCUT2D eigenvalue weighted by Crippen LogP contribution is -2.17. The summed E-state index contributed by atoms with van der Waals surface area (Å²) >= 11 is 0. The van der Waals surface area contributed by atoms with Gasteiger partial charge in [-0.3, -0.25) is 0 Å². The fourth-order valence-corrected chi connectivity index (χ4v) is 9.72. The van der Waals surface area contributed by atoms with Crippen LogP contribution < -0.4 is 4.90 Å². The Morgan fingerprint density at radius 3 is 1.91 bits per heavy atom. The Morgan fingerprint density at radius 2 is 1.05 bits per heavy atom. The summed E-state index contributed by atoms with van der Waals surface area (Å²) in [6, 6.07) is 67.7. The lowest BCUT2D eigenvalue weighted by Gasteiger charge is -2.30. The van der Waals surface area contributed by atoms with E-state index in [9.17, 15) is 0 Å². The third-order valence-electron chi connectivity index (χ3n) is 12.5. The molecule has 0 unspecified atom stereocenters. The van der Waals surface area contributed by atoms with E-state index in [1.165, 1.54) is 44.2 Å². The summed E-state index contributed by atoms with van der Waals surface area (Å²) in [5.41, 5.74) is 16.3. The highest BCUT2D eigenvalue weighted by Crippen LogP contribution is 2.53. The van der Waals surface area contributed by atoms with Crippen molar-refractivity contribution in [1.29, 1.82) is 0 Å². The molecule has 9 aromatic carbocycles. The van der Waals surface area contributed by atoms with E-state index < -0.39 is 0 Å². The van der Waals surface area contributed by atoms with Gasteiger partial charge in [-0.1, -0.05) is 147 Å². The topological polar surface area (TPSA) is 29.5 Å². The molecule has 11 aromatic rings.